The van der Waals surface area contributed by atoms with E-state index in [1.165, 1.54) is 18.2 Å². The van der Waals surface area contributed by atoms with Gasteiger partial charge in [-0.2, -0.15) is 18.4 Å². The number of nitriles is 1. The Hall–Kier alpha value is -3.32. The number of pyridine rings is 1. The number of aromatic nitrogens is 2. The molecule has 10 heteroatoms. The SMILES string of the molecule is COCC(C)n1c(C)cc(/C=C(\C#N)C(=O)Nc2ccc(OCC(F)(F)F)nc2)c1C. The molecule has 1 unspecified atom stereocenters. The van der Waals surface area contributed by atoms with Gasteiger partial charge in [-0.3, -0.25) is 4.79 Å². The van der Waals surface area contributed by atoms with Gasteiger partial charge >= 0.3 is 6.18 Å². The van der Waals surface area contributed by atoms with Crippen molar-refractivity contribution in [3.05, 3.63) is 46.9 Å². The number of hydrogen-bond acceptors (Lipinski definition) is 5. The maximum absolute atomic E-state index is 12.5. The minimum atomic E-state index is -4.47. The average Bonchev–Trinajstić information content (AvgIpc) is 2.98. The number of methoxy groups -OCH3 is 1. The summed E-state index contributed by atoms with van der Waals surface area (Å²) in [5, 5.41) is 11.9. The van der Waals surface area contributed by atoms with Crippen molar-refractivity contribution in [3.8, 4) is 11.9 Å². The van der Waals surface area contributed by atoms with Crippen LogP contribution in [0.25, 0.3) is 6.08 Å². The lowest BCUT2D eigenvalue weighted by atomic mass is 10.1. The number of anilines is 1. The van der Waals surface area contributed by atoms with Gasteiger partial charge in [-0.25, -0.2) is 4.98 Å². The monoisotopic (exact) mass is 436 g/mol. The Labute approximate surface area is 178 Å². The van der Waals surface area contributed by atoms with Crippen molar-refractivity contribution in [2.24, 2.45) is 0 Å². The predicted molar refractivity (Wildman–Crippen MR) is 108 cm³/mol. The van der Waals surface area contributed by atoms with Crippen molar-refractivity contribution in [2.45, 2.75) is 33.0 Å². The van der Waals surface area contributed by atoms with E-state index >= 15 is 0 Å². The lowest BCUT2D eigenvalue weighted by Crippen LogP contribution is -2.19. The largest absolute Gasteiger partial charge is 0.468 e. The Morgan fingerprint density at radius 3 is 2.65 bits per heavy atom. The van der Waals surface area contributed by atoms with Crippen LogP contribution in [0.15, 0.2) is 30.0 Å². The molecular formula is C21H23F3N4O3. The van der Waals surface area contributed by atoms with Crippen LogP contribution in [0.2, 0.25) is 0 Å². The fourth-order valence-electron chi connectivity index (χ4n) is 3.14. The normalized spacial score (nSPS) is 12.9. The lowest BCUT2D eigenvalue weighted by molar-refractivity contribution is -0.154. The third-order valence-electron chi connectivity index (χ3n) is 4.41. The van der Waals surface area contributed by atoms with Gasteiger partial charge in [0.1, 0.15) is 11.6 Å². The summed E-state index contributed by atoms with van der Waals surface area (Å²) in [6.07, 6.45) is -1.84. The summed E-state index contributed by atoms with van der Waals surface area (Å²) in [4.78, 5) is 16.2. The summed E-state index contributed by atoms with van der Waals surface area (Å²) in [7, 11) is 1.62. The van der Waals surface area contributed by atoms with E-state index in [4.69, 9.17) is 4.74 Å². The number of carbonyl (C=O) groups is 1. The highest BCUT2D eigenvalue weighted by molar-refractivity contribution is 6.09. The van der Waals surface area contributed by atoms with Gasteiger partial charge in [0.2, 0.25) is 5.88 Å². The second-order valence-electron chi connectivity index (χ2n) is 6.91. The van der Waals surface area contributed by atoms with Gasteiger partial charge in [-0.05, 0) is 44.5 Å². The second-order valence-corrected chi connectivity index (χ2v) is 6.91. The molecule has 0 fully saturated rings. The summed E-state index contributed by atoms with van der Waals surface area (Å²) in [5.74, 6) is -0.896. The standard InChI is InChI=1S/C21H23F3N4O3/c1-13-7-16(15(3)28(13)14(2)11-30-4)8-17(9-25)20(29)27-18-5-6-19(26-10-18)31-12-21(22,23)24/h5-8,10,14H,11-12H2,1-4H3,(H,27,29)/b17-8+. The molecule has 31 heavy (non-hydrogen) atoms. The maximum Gasteiger partial charge on any atom is 0.422 e. The second kappa shape index (κ2) is 10.1. The molecule has 0 bridgehead atoms. The summed E-state index contributed by atoms with van der Waals surface area (Å²) in [6, 6.07) is 6.36. The van der Waals surface area contributed by atoms with Crippen molar-refractivity contribution in [3.63, 3.8) is 0 Å². The summed E-state index contributed by atoms with van der Waals surface area (Å²) >= 11 is 0. The molecule has 0 aliphatic rings. The molecule has 0 spiro atoms. The molecule has 1 N–H and O–H groups in total. The van der Waals surface area contributed by atoms with Crippen molar-refractivity contribution in [1.82, 2.24) is 9.55 Å². The molecule has 2 aromatic rings. The Morgan fingerprint density at radius 2 is 2.10 bits per heavy atom. The quantitative estimate of drug-likeness (QED) is 0.495. The number of amides is 1. The van der Waals surface area contributed by atoms with Crippen LogP contribution in [-0.4, -0.2) is 42.0 Å². The topological polar surface area (TPSA) is 89.2 Å². The Kier molecular flexibility index (Phi) is 7.83. The number of alkyl halides is 3. The molecule has 1 amide bonds. The molecule has 0 saturated carbocycles. The number of ether oxygens (including phenoxy) is 2. The number of halogens is 3. The van der Waals surface area contributed by atoms with Crippen molar-refractivity contribution in [1.29, 1.82) is 5.26 Å². The Balaban J connectivity index is 2.15. The summed E-state index contributed by atoms with van der Waals surface area (Å²) in [5.41, 5.74) is 2.66. The van der Waals surface area contributed by atoms with Crippen LogP contribution in [-0.2, 0) is 9.53 Å². The molecule has 166 valence electrons. The van der Waals surface area contributed by atoms with Crippen molar-refractivity contribution in [2.75, 3.05) is 25.6 Å². The fourth-order valence-corrected chi connectivity index (χ4v) is 3.14. The molecule has 1 atom stereocenters. The minimum Gasteiger partial charge on any atom is -0.468 e. The van der Waals surface area contributed by atoms with Gasteiger partial charge in [0.05, 0.1) is 24.5 Å². The molecule has 7 nitrogen and oxygen atoms in total. The van der Waals surface area contributed by atoms with Gasteiger partial charge in [-0.15, -0.1) is 0 Å². The smallest absolute Gasteiger partial charge is 0.422 e. The van der Waals surface area contributed by atoms with Gasteiger partial charge < -0.3 is 19.4 Å². The van der Waals surface area contributed by atoms with Gasteiger partial charge in [0, 0.05) is 24.6 Å². The highest BCUT2D eigenvalue weighted by Crippen LogP contribution is 2.23. The number of rotatable bonds is 8. The lowest BCUT2D eigenvalue weighted by Gasteiger charge is -2.17. The Bertz CT molecular complexity index is 989. The maximum atomic E-state index is 12.5. The predicted octanol–water partition coefficient (Wildman–Crippen LogP) is 4.19. The van der Waals surface area contributed by atoms with E-state index in [2.05, 4.69) is 19.6 Å². The zero-order valence-corrected chi connectivity index (χ0v) is 17.6. The highest BCUT2D eigenvalue weighted by Gasteiger charge is 2.28. The zero-order valence-electron chi connectivity index (χ0n) is 17.6. The van der Waals surface area contributed by atoms with Gasteiger partial charge in [0.15, 0.2) is 6.61 Å². The molecule has 0 aliphatic carbocycles. The zero-order chi connectivity index (χ0) is 23.2. The first-order valence-electron chi connectivity index (χ1n) is 9.31. The van der Waals surface area contributed by atoms with Crippen LogP contribution in [0, 0.1) is 25.2 Å². The van der Waals surface area contributed by atoms with E-state index in [0.717, 1.165) is 23.1 Å². The molecule has 0 saturated heterocycles. The van der Waals surface area contributed by atoms with Crippen LogP contribution in [0.1, 0.15) is 29.9 Å². The van der Waals surface area contributed by atoms with Crippen LogP contribution in [0.3, 0.4) is 0 Å². The minimum absolute atomic E-state index is 0.0793. The third-order valence-corrected chi connectivity index (χ3v) is 4.41. The number of hydrogen-bond donors (Lipinski definition) is 1. The summed E-state index contributed by atoms with van der Waals surface area (Å²) in [6.45, 7) is 4.87. The molecule has 0 radical (unpaired) electrons. The highest BCUT2D eigenvalue weighted by atomic mass is 19.4. The molecule has 0 aromatic carbocycles. The van der Waals surface area contributed by atoms with E-state index < -0.39 is 18.7 Å². The van der Waals surface area contributed by atoms with Crippen molar-refractivity contribution >= 4 is 17.7 Å². The van der Waals surface area contributed by atoms with E-state index in [1.54, 1.807) is 7.11 Å². The van der Waals surface area contributed by atoms with Crippen molar-refractivity contribution < 1.29 is 27.4 Å². The average molecular weight is 436 g/mol. The number of carbonyl (C=O) groups excluding carboxylic acids is 1. The van der Waals surface area contributed by atoms with Gasteiger partial charge in [0.25, 0.3) is 5.91 Å². The number of nitrogens with zero attached hydrogens (tertiary/aromatic N) is 3. The molecule has 2 heterocycles. The molecule has 2 aromatic heterocycles. The number of aryl methyl sites for hydroxylation is 1. The van der Waals surface area contributed by atoms with E-state index in [9.17, 15) is 23.2 Å². The van der Waals surface area contributed by atoms with Crippen LogP contribution in [0.4, 0.5) is 18.9 Å². The Morgan fingerprint density at radius 1 is 1.39 bits per heavy atom. The van der Waals surface area contributed by atoms with Crippen LogP contribution < -0.4 is 10.1 Å². The molecular weight excluding hydrogens is 413 g/mol. The van der Waals surface area contributed by atoms with E-state index in [1.807, 2.05) is 32.9 Å². The van der Waals surface area contributed by atoms with Gasteiger partial charge in [-0.1, -0.05) is 0 Å². The third kappa shape index (κ3) is 6.58. The van der Waals surface area contributed by atoms with Crippen LogP contribution in [0.5, 0.6) is 5.88 Å². The van der Waals surface area contributed by atoms with Crippen LogP contribution >= 0.6 is 0 Å². The first-order valence-corrected chi connectivity index (χ1v) is 9.31. The first kappa shape index (κ1) is 24.0. The number of nitrogens with one attached hydrogen (secondary N) is 1. The summed E-state index contributed by atoms with van der Waals surface area (Å²) < 4.78 is 48.3. The fraction of sp³-hybridized carbons (Fsp3) is 0.381. The molecule has 0 aliphatic heterocycles. The molecule has 2 rings (SSSR count). The first-order chi connectivity index (χ1) is 14.6. The van der Waals surface area contributed by atoms with E-state index in [0.29, 0.717) is 6.61 Å². The van der Waals surface area contributed by atoms with E-state index in [-0.39, 0.29) is 23.2 Å².